The quantitative estimate of drug-likeness (QED) is 0.0921. The second-order valence-electron chi connectivity index (χ2n) is 17.2. The first-order chi connectivity index (χ1) is 32.2. The third kappa shape index (κ3) is 14.0. The van der Waals surface area contributed by atoms with Crippen LogP contribution in [0.25, 0.3) is 12.2 Å². The number of hydrogen-bond donors (Lipinski definition) is 4. The van der Waals surface area contributed by atoms with Gasteiger partial charge in [-0.05, 0) is 103 Å². The minimum absolute atomic E-state index is 0. The minimum atomic E-state index is -4.31. The van der Waals surface area contributed by atoms with Crippen LogP contribution >= 0.6 is 0 Å². The standard InChI is InChI=1S/C9H10O4.C9H8O3.C9H8O2.C8H8O3S.C8H10O2.C7H8O3.Na/c10-8(11)6-4-1-2-5(3-4)7(6)9(12)13;10-8-6-4-1-2-5(3-4)7(6)9(11)12-8;1-2-7-3-5-8(6-4-7)9(10)11;1-2-7-3-5-8(6-4-7)12(9,10)11;9-8(10)7-4-5-1-2-6(7)3-5;1-2-3-5-4-6(8)10-7(5)9;/h1-2,4-7H,3H2,(H,10,11)(H,12,13);1-2,4-7H,3H2;2-6H,1H2,(H,10,11);2-6H,1H2,(H,9,10,11);1-2,5-7H,3-4H2,(H,9,10);2,5H,1,3-4H2;/q;;;;;;+1/p-1. The van der Waals surface area contributed by atoms with Gasteiger partial charge in [-0.1, -0.05) is 92.1 Å². The maximum absolute atomic E-state index is 11.2. The molecule has 12 unspecified atom stereocenters. The van der Waals surface area contributed by atoms with Crippen LogP contribution in [0.5, 0.6) is 0 Å². The third-order valence-corrected chi connectivity index (χ3v) is 13.9. The molecule has 2 aromatic carbocycles. The van der Waals surface area contributed by atoms with Gasteiger partial charge in [0.25, 0.3) is 0 Å². The summed E-state index contributed by atoms with van der Waals surface area (Å²) in [5.41, 5.74) is 2.01. The van der Waals surface area contributed by atoms with Crippen molar-refractivity contribution < 1.29 is 111 Å². The summed E-state index contributed by atoms with van der Waals surface area (Å²) >= 11 is 0. The summed E-state index contributed by atoms with van der Waals surface area (Å²) in [5.74, 6) is -5.64. The number of carbonyl (C=O) groups excluding carboxylic acids is 4. The summed E-state index contributed by atoms with van der Waals surface area (Å²) in [6.07, 6.45) is 21.2. The zero-order valence-corrected chi connectivity index (χ0v) is 40.4. The van der Waals surface area contributed by atoms with Crippen LogP contribution in [0.2, 0.25) is 0 Å². The van der Waals surface area contributed by atoms with Crippen molar-refractivity contribution in [3.05, 3.63) is 127 Å². The molecule has 2 aromatic rings. The molecule has 12 atom stereocenters. The van der Waals surface area contributed by atoms with E-state index in [9.17, 15) is 51.3 Å². The van der Waals surface area contributed by atoms with Crippen LogP contribution < -0.4 is 29.6 Å². The number of carboxylic acids is 4. The number of benzene rings is 2. The number of allylic oxidation sites excluding steroid dienone is 7. The number of esters is 4. The number of aromatic carboxylic acids is 1. The van der Waals surface area contributed by atoms with Gasteiger partial charge in [-0.15, -0.1) is 6.58 Å². The van der Waals surface area contributed by atoms with E-state index in [1.54, 1.807) is 42.5 Å². The SMILES string of the molecule is C=CCC1CC(=O)OC1=O.C=Cc1ccc(C(=O)O)cc1.C=Cc1ccc(S(=O)(=O)[O-])cc1.O=C(O)C1C2C=CC(C2)C1C(=O)O.O=C(O)C1CC2C=CC1C2.O=C1OC(=O)C2C3C=CC(C3)C12.[Na+]. The Morgan fingerprint density at radius 3 is 1.42 bits per heavy atom. The number of cyclic esters (lactones) is 4. The molecule has 3 saturated carbocycles. The topological polar surface area (TPSA) is 293 Å². The first-order valence-electron chi connectivity index (χ1n) is 21.7. The predicted molar refractivity (Wildman–Crippen MR) is 240 cm³/mol. The number of fused-ring (bicyclic) bond motifs is 9. The third-order valence-electron chi connectivity index (χ3n) is 13.0. The van der Waals surface area contributed by atoms with Crippen molar-refractivity contribution in [2.24, 2.45) is 71.0 Å². The Balaban J connectivity index is 0.000000180. The Morgan fingerprint density at radius 1 is 0.609 bits per heavy atom. The summed E-state index contributed by atoms with van der Waals surface area (Å²) in [6.45, 7) is 10.5. The first-order valence-corrected chi connectivity index (χ1v) is 23.1. The number of aliphatic carboxylic acids is 3. The molecule has 0 spiro atoms. The van der Waals surface area contributed by atoms with Gasteiger partial charge in [-0.25, -0.2) is 13.2 Å². The van der Waals surface area contributed by atoms with Crippen molar-refractivity contribution >= 4 is 70.0 Å². The molecule has 0 amide bonds. The van der Waals surface area contributed by atoms with Crippen LogP contribution in [-0.4, -0.2) is 81.2 Å². The molecule has 69 heavy (non-hydrogen) atoms. The van der Waals surface area contributed by atoms with E-state index >= 15 is 0 Å². The van der Waals surface area contributed by atoms with Gasteiger partial charge in [-0.2, -0.15) is 0 Å². The second kappa shape index (κ2) is 24.5. The van der Waals surface area contributed by atoms with Gasteiger partial charge in [-0.3, -0.25) is 33.6 Å². The molecule has 19 heteroatoms. The van der Waals surface area contributed by atoms with E-state index in [1.165, 1.54) is 24.3 Å². The smallest absolute Gasteiger partial charge is 0.744 e. The molecule has 8 aliphatic rings. The van der Waals surface area contributed by atoms with Crippen LogP contribution in [0.3, 0.4) is 0 Å². The molecule has 2 saturated heterocycles. The van der Waals surface area contributed by atoms with Gasteiger partial charge >= 0.3 is 77.3 Å². The fourth-order valence-corrected chi connectivity index (χ4v) is 10.2. The Labute approximate surface area is 420 Å². The summed E-state index contributed by atoms with van der Waals surface area (Å²) in [5, 5.41) is 34.9. The van der Waals surface area contributed by atoms with Crippen LogP contribution in [0, 0.1) is 71.0 Å². The van der Waals surface area contributed by atoms with E-state index < -0.39 is 57.8 Å². The Morgan fingerprint density at radius 2 is 1.07 bits per heavy atom. The molecular weight excluding hydrogens is 928 g/mol. The molecule has 360 valence electrons. The van der Waals surface area contributed by atoms with Crippen molar-refractivity contribution in [3.63, 3.8) is 0 Å². The van der Waals surface area contributed by atoms with Gasteiger partial charge in [0.15, 0.2) is 0 Å². The number of rotatable bonds is 9. The number of carbonyl (C=O) groups is 8. The van der Waals surface area contributed by atoms with Crippen molar-refractivity contribution in [3.8, 4) is 0 Å². The summed E-state index contributed by atoms with van der Waals surface area (Å²) in [6, 6.07) is 12.1. The molecule has 10 rings (SSSR count). The molecule has 0 aromatic heterocycles. The minimum Gasteiger partial charge on any atom is -0.744 e. The van der Waals surface area contributed by atoms with Gasteiger partial charge < -0.3 is 34.5 Å². The van der Waals surface area contributed by atoms with E-state index in [-0.39, 0.29) is 100 Å². The molecule has 17 nitrogen and oxygen atoms in total. The molecular formula is C50H51NaO17S. The van der Waals surface area contributed by atoms with E-state index in [4.69, 9.17) is 20.4 Å². The molecule has 4 N–H and O–H groups in total. The Kier molecular flexibility index (Phi) is 19.7. The van der Waals surface area contributed by atoms with Crippen molar-refractivity contribution in [2.45, 2.75) is 43.4 Å². The van der Waals surface area contributed by atoms with Crippen LogP contribution in [-0.2, 0) is 53.2 Å². The maximum Gasteiger partial charge on any atom is 1.00 e. The summed E-state index contributed by atoms with van der Waals surface area (Å²) < 4.78 is 40.2. The zero-order chi connectivity index (χ0) is 50.0. The van der Waals surface area contributed by atoms with Crippen LogP contribution in [0.15, 0.2) is 116 Å². The van der Waals surface area contributed by atoms with Crippen molar-refractivity contribution in [1.82, 2.24) is 0 Å². The van der Waals surface area contributed by atoms with Crippen LogP contribution in [0.1, 0.15) is 60.0 Å². The normalized spacial score (nSPS) is 29.2. The summed E-state index contributed by atoms with van der Waals surface area (Å²) in [7, 11) is -4.31. The number of carboxylic acid groups (broad SMARTS) is 4. The average Bonchev–Trinajstić information content (AvgIpc) is 4.19. The fourth-order valence-electron chi connectivity index (χ4n) is 9.70. The van der Waals surface area contributed by atoms with E-state index in [2.05, 4.69) is 41.4 Å². The Bertz CT molecular complexity index is 2470. The fraction of sp³-hybridized carbons (Fsp3) is 0.360. The number of ether oxygens (including phenoxy) is 2. The van der Waals surface area contributed by atoms with E-state index in [0.717, 1.165) is 30.4 Å². The predicted octanol–water partition coefficient (Wildman–Crippen LogP) is 3.30. The van der Waals surface area contributed by atoms with Gasteiger partial charge in [0.2, 0.25) is 0 Å². The van der Waals surface area contributed by atoms with E-state index in [0.29, 0.717) is 30.2 Å². The molecule has 2 heterocycles. The van der Waals surface area contributed by atoms with E-state index in [1.807, 2.05) is 24.3 Å². The monoisotopic (exact) mass is 978 g/mol. The molecule has 0 radical (unpaired) electrons. The average molecular weight is 979 g/mol. The van der Waals surface area contributed by atoms with Crippen molar-refractivity contribution in [2.75, 3.05) is 0 Å². The van der Waals surface area contributed by atoms with Crippen molar-refractivity contribution in [1.29, 1.82) is 0 Å². The second-order valence-corrected chi connectivity index (χ2v) is 18.6. The number of hydrogen-bond acceptors (Lipinski definition) is 13. The molecule has 2 aliphatic heterocycles. The Hall–Kier alpha value is -6.05. The van der Waals surface area contributed by atoms with Gasteiger partial charge in [0.1, 0.15) is 10.1 Å². The van der Waals surface area contributed by atoms with Gasteiger partial charge in [0, 0.05) is 0 Å². The summed E-state index contributed by atoms with van der Waals surface area (Å²) in [4.78, 5) is 85.8. The van der Waals surface area contributed by atoms with Gasteiger partial charge in [0.05, 0.1) is 52.4 Å². The molecule has 6 bridgehead atoms. The molecule has 6 aliphatic carbocycles. The maximum atomic E-state index is 11.2. The molecule has 5 fully saturated rings. The largest absolute Gasteiger partial charge is 1.00 e. The zero-order valence-electron chi connectivity index (χ0n) is 37.6. The van der Waals surface area contributed by atoms with Crippen LogP contribution in [0.4, 0.5) is 0 Å². The first kappa shape index (κ1) is 55.5.